The minimum absolute atomic E-state index is 0.217. The van der Waals surface area contributed by atoms with E-state index in [4.69, 9.17) is 0 Å². The summed E-state index contributed by atoms with van der Waals surface area (Å²) in [5.74, 6) is 1.03. The lowest BCUT2D eigenvalue weighted by molar-refractivity contribution is 0.345. The number of para-hydroxylation sites is 1. The first-order valence-electron chi connectivity index (χ1n) is 8.19. The second-order valence-corrected chi connectivity index (χ2v) is 8.11. The van der Waals surface area contributed by atoms with E-state index in [0.717, 1.165) is 24.6 Å². The third kappa shape index (κ3) is 4.73. The average Bonchev–Trinajstić information content (AvgIpc) is 2.49. The summed E-state index contributed by atoms with van der Waals surface area (Å²) >= 11 is 0. The van der Waals surface area contributed by atoms with Crippen LogP contribution in [-0.2, 0) is 9.84 Å². The van der Waals surface area contributed by atoms with Gasteiger partial charge < -0.3 is 5.32 Å². The molecular weight excluding hydrogens is 282 g/mol. The molecule has 0 bridgehead atoms. The summed E-state index contributed by atoms with van der Waals surface area (Å²) in [5.41, 5.74) is 0.766. The zero-order valence-corrected chi connectivity index (χ0v) is 13.8. The molecule has 0 radical (unpaired) electrons. The maximum absolute atomic E-state index is 12.3. The predicted molar refractivity (Wildman–Crippen MR) is 88.5 cm³/mol. The molecule has 1 aliphatic rings. The minimum Gasteiger partial charge on any atom is -0.384 e. The number of anilines is 1. The summed E-state index contributed by atoms with van der Waals surface area (Å²) < 4.78 is 24.6. The van der Waals surface area contributed by atoms with Crippen LogP contribution in [0.2, 0.25) is 0 Å². The van der Waals surface area contributed by atoms with E-state index < -0.39 is 9.84 Å². The van der Waals surface area contributed by atoms with Gasteiger partial charge >= 0.3 is 0 Å². The molecule has 0 heterocycles. The Labute approximate surface area is 129 Å². The molecule has 4 heteroatoms. The summed E-state index contributed by atoms with van der Waals surface area (Å²) in [6.07, 6.45) is 8.54. The van der Waals surface area contributed by atoms with Crippen LogP contribution in [-0.4, -0.2) is 20.7 Å². The van der Waals surface area contributed by atoms with Crippen molar-refractivity contribution in [3.63, 3.8) is 0 Å². The molecule has 0 aromatic heterocycles. The molecule has 21 heavy (non-hydrogen) atoms. The Morgan fingerprint density at radius 2 is 1.86 bits per heavy atom. The fourth-order valence-corrected chi connectivity index (χ4v) is 4.67. The Hall–Kier alpha value is -1.03. The Morgan fingerprint density at radius 3 is 2.57 bits per heavy atom. The number of benzene rings is 1. The van der Waals surface area contributed by atoms with E-state index in [1.807, 2.05) is 19.1 Å². The number of sulfone groups is 1. The number of nitrogens with one attached hydrogen (secondary N) is 1. The predicted octanol–water partition coefficient (Wildman–Crippen LogP) is 4.25. The van der Waals surface area contributed by atoms with E-state index in [-0.39, 0.29) is 5.75 Å². The third-order valence-electron chi connectivity index (χ3n) is 4.29. The highest BCUT2D eigenvalue weighted by atomic mass is 32.2. The number of hydrogen-bond donors (Lipinski definition) is 1. The third-order valence-corrected chi connectivity index (χ3v) is 6.26. The van der Waals surface area contributed by atoms with Crippen LogP contribution in [0.3, 0.4) is 0 Å². The topological polar surface area (TPSA) is 46.2 Å². The lowest BCUT2D eigenvalue weighted by Gasteiger charge is -2.22. The Bertz CT molecular complexity index is 533. The minimum atomic E-state index is -3.16. The molecule has 3 nitrogen and oxygen atoms in total. The molecule has 118 valence electrons. The molecule has 0 saturated heterocycles. The van der Waals surface area contributed by atoms with E-state index in [2.05, 4.69) is 5.32 Å². The summed E-state index contributed by atoms with van der Waals surface area (Å²) in [6, 6.07) is 7.29. The lowest BCUT2D eigenvalue weighted by atomic mass is 9.87. The molecule has 1 aromatic rings. The molecule has 0 unspecified atom stereocenters. The quantitative estimate of drug-likeness (QED) is 0.819. The maximum atomic E-state index is 12.3. The zero-order valence-electron chi connectivity index (χ0n) is 13.0. The van der Waals surface area contributed by atoms with Gasteiger partial charge in [0.05, 0.1) is 16.3 Å². The molecule has 0 amide bonds. The molecule has 1 N–H and O–H groups in total. The first kappa shape index (κ1) is 16.3. The summed E-state index contributed by atoms with van der Waals surface area (Å²) in [5, 5.41) is 3.35. The van der Waals surface area contributed by atoms with Crippen LogP contribution >= 0.6 is 0 Å². The summed E-state index contributed by atoms with van der Waals surface area (Å²) in [7, 11) is -3.16. The molecular formula is C17H27NO2S. The summed E-state index contributed by atoms with van der Waals surface area (Å²) in [6.45, 7) is 2.76. The van der Waals surface area contributed by atoms with Crippen molar-refractivity contribution in [2.45, 2.75) is 56.8 Å². The lowest BCUT2D eigenvalue weighted by Crippen LogP contribution is -2.14. The van der Waals surface area contributed by atoms with Gasteiger partial charge in [0, 0.05) is 6.54 Å². The SMILES string of the molecule is CCCS(=O)(=O)c1ccccc1NCCC1CCCCC1. The van der Waals surface area contributed by atoms with Gasteiger partial charge in [0.15, 0.2) is 9.84 Å². The highest BCUT2D eigenvalue weighted by Crippen LogP contribution is 2.27. The largest absolute Gasteiger partial charge is 0.384 e. The van der Waals surface area contributed by atoms with E-state index in [1.54, 1.807) is 12.1 Å². The van der Waals surface area contributed by atoms with Gasteiger partial charge in [-0.25, -0.2) is 8.42 Å². The first-order valence-corrected chi connectivity index (χ1v) is 9.84. The van der Waals surface area contributed by atoms with Crippen LogP contribution in [0.25, 0.3) is 0 Å². The van der Waals surface area contributed by atoms with Gasteiger partial charge in [-0.2, -0.15) is 0 Å². The van der Waals surface area contributed by atoms with Crippen LogP contribution in [0, 0.1) is 5.92 Å². The maximum Gasteiger partial charge on any atom is 0.180 e. The molecule has 2 rings (SSSR count). The second-order valence-electron chi connectivity index (χ2n) is 6.03. The van der Waals surface area contributed by atoms with Gasteiger partial charge in [-0.1, -0.05) is 51.2 Å². The smallest absolute Gasteiger partial charge is 0.180 e. The van der Waals surface area contributed by atoms with Crippen molar-refractivity contribution in [3.8, 4) is 0 Å². The fraction of sp³-hybridized carbons (Fsp3) is 0.647. The van der Waals surface area contributed by atoms with Crippen molar-refractivity contribution in [2.75, 3.05) is 17.6 Å². The van der Waals surface area contributed by atoms with Crippen LogP contribution in [0.4, 0.5) is 5.69 Å². The van der Waals surface area contributed by atoms with Gasteiger partial charge in [0.2, 0.25) is 0 Å². The Balaban J connectivity index is 1.96. The van der Waals surface area contributed by atoms with Crippen LogP contribution in [0.5, 0.6) is 0 Å². The van der Waals surface area contributed by atoms with Crippen molar-refractivity contribution in [2.24, 2.45) is 5.92 Å². The van der Waals surface area contributed by atoms with Crippen LogP contribution in [0.1, 0.15) is 51.9 Å². The second kappa shape index (κ2) is 7.83. The van der Waals surface area contributed by atoms with E-state index in [9.17, 15) is 8.42 Å². The molecule has 1 saturated carbocycles. The zero-order chi connectivity index (χ0) is 15.1. The van der Waals surface area contributed by atoms with E-state index in [1.165, 1.54) is 32.1 Å². The van der Waals surface area contributed by atoms with Crippen molar-refractivity contribution < 1.29 is 8.42 Å². The number of rotatable bonds is 7. The van der Waals surface area contributed by atoms with Gasteiger partial charge in [0.25, 0.3) is 0 Å². The molecule has 1 aromatic carbocycles. The van der Waals surface area contributed by atoms with Crippen molar-refractivity contribution >= 4 is 15.5 Å². The van der Waals surface area contributed by atoms with Crippen molar-refractivity contribution in [1.29, 1.82) is 0 Å². The molecule has 0 aliphatic heterocycles. The van der Waals surface area contributed by atoms with Crippen LogP contribution in [0.15, 0.2) is 29.2 Å². The van der Waals surface area contributed by atoms with Gasteiger partial charge in [-0.15, -0.1) is 0 Å². The van der Waals surface area contributed by atoms with Gasteiger partial charge in [-0.05, 0) is 30.9 Å². The molecule has 1 fully saturated rings. The normalized spacial score (nSPS) is 16.8. The van der Waals surface area contributed by atoms with Gasteiger partial charge in [0.1, 0.15) is 0 Å². The monoisotopic (exact) mass is 309 g/mol. The van der Waals surface area contributed by atoms with Crippen LogP contribution < -0.4 is 5.32 Å². The summed E-state index contributed by atoms with van der Waals surface area (Å²) in [4.78, 5) is 0.454. The standard InChI is InChI=1S/C17H27NO2S/c1-2-14-21(19,20)17-11-7-6-10-16(17)18-13-12-15-8-4-3-5-9-15/h6-7,10-11,15,18H,2-5,8-9,12-14H2,1H3. The average molecular weight is 309 g/mol. The van der Waals surface area contributed by atoms with Crippen molar-refractivity contribution in [1.82, 2.24) is 0 Å². The molecule has 0 atom stereocenters. The molecule has 1 aliphatic carbocycles. The van der Waals surface area contributed by atoms with Gasteiger partial charge in [-0.3, -0.25) is 0 Å². The highest BCUT2D eigenvalue weighted by Gasteiger charge is 2.18. The van der Waals surface area contributed by atoms with Crippen molar-refractivity contribution in [3.05, 3.63) is 24.3 Å². The molecule has 0 spiro atoms. The Kier molecular flexibility index (Phi) is 6.09. The highest BCUT2D eigenvalue weighted by molar-refractivity contribution is 7.91. The van der Waals surface area contributed by atoms with E-state index >= 15 is 0 Å². The Morgan fingerprint density at radius 1 is 1.14 bits per heavy atom. The fourth-order valence-electron chi connectivity index (χ4n) is 3.15. The first-order chi connectivity index (χ1) is 10.1. The van der Waals surface area contributed by atoms with E-state index in [0.29, 0.717) is 11.3 Å². The number of hydrogen-bond acceptors (Lipinski definition) is 3.